The van der Waals surface area contributed by atoms with E-state index in [1.807, 2.05) is 36.4 Å². The second-order valence-electron chi connectivity index (χ2n) is 14.7. The fourth-order valence-electron chi connectivity index (χ4n) is 8.54. The number of benzene rings is 9. The molecule has 58 heavy (non-hydrogen) atoms. The zero-order chi connectivity index (χ0) is 38.4. The monoisotopic (exact) mass is 740 g/mol. The Labute approximate surface area is 336 Å². The van der Waals surface area contributed by atoms with Crippen LogP contribution in [-0.2, 0) is 0 Å². The van der Waals surface area contributed by atoms with Gasteiger partial charge in [0.15, 0.2) is 11.6 Å². The highest BCUT2D eigenvalue weighted by molar-refractivity contribution is 6.11. The van der Waals surface area contributed by atoms with Crippen LogP contribution in [0.4, 0.5) is 0 Å². The second-order valence-corrected chi connectivity index (χ2v) is 14.7. The fraction of sp³-hybridized carbons (Fsp3) is 0. The molecule has 2 heterocycles. The van der Waals surface area contributed by atoms with Crippen molar-refractivity contribution in [2.24, 2.45) is 0 Å². The summed E-state index contributed by atoms with van der Waals surface area (Å²) in [5.41, 5.74) is 13.6. The van der Waals surface area contributed by atoms with Crippen LogP contribution in [0.5, 0.6) is 0 Å². The van der Waals surface area contributed by atoms with Gasteiger partial charge < -0.3 is 4.57 Å². The van der Waals surface area contributed by atoms with E-state index in [0.717, 1.165) is 39.7 Å². The van der Waals surface area contributed by atoms with Crippen molar-refractivity contribution in [1.82, 2.24) is 19.3 Å². The van der Waals surface area contributed by atoms with Gasteiger partial charge in [-0.2, -0.15) is 0 Å². The third-order valence-electron chi connectivity index (χ3n) is 11.3. The quantitative estimate of drug-likeness (QED) is 0.163. The Morgan fingerprint density at radius 1 is 0.276 bits per heavy atom. The topological polar surface area (TPSA) is 35.6 Å². The van der Waals surface area contributed by atoms with Gasteiger partial charge in [-0.05, 0) is 86.6 Å². The molecule has 272 valence electrons. The van der Waals surface area contributed by atoms with Crippen LogP contribution in [0.1, 0.15) is 0 Å². The van der Waals surface area contributed by atoms with Crippen LogP contribution in [0.3, 0.4) is 0 Å². The zero-order valence-corrected chi connectivity index (χ0v) is 31.6. The molecule has 2 aromatic heterocycles. The first-order chi connectivity index (χ1) is 28.8. The van der Waals surface area contributed by atoms with Gasteiger partial charge in [0, 0.05) is 33.3 Å². The number of rotatable bonds is 7. The first-order valence-corrected chi connectivity index (χ1v) is 19.7. The van der Waals surface area contributed by atoms with E-state index in [4.69, 9.17) is 5.10 Å². The molecule has 0 saturated heterocycles. The fourth-order valence-corrected chi connectivity index (χ4v) is 8.54. The van der Waals surface area contributed by atoms with Crippen molar-refractivity contribution in [2.75, 3.05) is 0 Å². The van der Waals surface area contributed by atoms with Crippen LogP contribution >= 0.6 is 0 Å². The molecule has 0 bridgehead atoms. The minimum atomic E-state index is 0.799. The second kappa shape index (κ2) is 14.0. The molecule has 0 aliphatic carbocycles. The van der Waals surface area contributed by atoms with E-state index in [2.05, 4.69) is 196 Å². The number of nitrogens with zero attached hydrogens (tertiary/aromatic N) is 4. The normalized spacial score (nSPS) is 11.4. The van der Waals surface area contributed by atoms with Crippen molar-refractivity contribution in [1.29, 1.82) is 0 Å². The lowest BCUT2D eigenvalue weighted by Crippen LogP contribution is -2.00. The Morgan fingerprint density at radius 3 is 1.52 bits per heavy atom. The van der Waals surface area contributed by atoms with E-state index >= 15 is 0 Å². The van der Waals surface area contributed by atoms with Crippen molar-refractivity contribution < 1.29 is 0 Å². The zero-order valence-electron chi connectivity index (χ0n) is 31.6. The minimum Gasteiger partial charge on any atom is -0.309 e. The largest absolute Gasteiger partial charge is 0.309 e. The smallest absolute Gasteiger partial charge is 0.168 e. The molecule has 0 N–H and O–H groups in total. The Bertz CT molecular complexity index is 3270. The predicted molar refractivity (Wildman–Crippen MR) is 240 cm³/mol. The molecule has 0 atom stereocenters. The van der Waals surface area contributed by atoms with Crippen LogP contribution < -0.4 is 0 Å². The molecular weight excluding hydrogens is 705 g/mol. The lowest BCUT2D eigenvalue weighted by atomic mass is 9.89. The average Bonchev–Trinajstić information content (AvgIpc) is 3.90. The molecule has 11 rings (SSSR count). The van der Waals surface area contributed by atoms with Gasteiger partial charge in [0.2, 0.25) is 0 Å². The van der Waals surface area contributed by atoms with E-state index in [0.29, 0.717) is 0 Å². The molecule has 9 aromatic carbocycles. The summed E-state index contributed by atoms with van der Waals surface area (Å²) < 4.78 is 4.54. The van der Waals surface area contributed by atoms with Gasteiger partial charge in [0.05, 0.1) is 11.0 Å². The van der Waals surface area contributed by atoms with Gasteiger partial charge in [-0.15, -0.1) is 10.2 Å². The first-order valence-electron chi connectivity index (χ1n) is 19.7. The highest BCUT2D eigenvalue weighted by atomic mass is 15.3. The van der Waals surface area contributed by atoms with Crippen LogP contribution in [0.2, 0.25) is 0 Å². The summed E-state index contributed by atoms with van der Waals surface area (Å²) in [4.78, 5) is 0. The van der Waals surface area contributed by atoms with E-state index in [1.54, 1.807) is 0 Å². The van der Waals surface area contributed by atoms with Crippen molar-refractivity contribution in [3.8, 4) is 67.5 Å². The van der Waals surface area contributed by atoms with Gasteiger partial charge in [0.1, 0.15) is 0 Å². The Morgan fingerprint density at radius 2 is 0.793 bits per heavy atom. The van der Waals surface area contributed by atoms with Crippen LogP contribution in [0.15, 0.2) is 218 Å². The maximum atomic E-state index is 4.73. The molecule has 0 radical (unpaired) electrons. The third kappa shape index (κ3) is 5.70. The SMILES string of the molecule is c1ccc(-c2nnc(-c3ccc(-c4ccccc4-c4ccccc4-c4ccc5c(c4)c4ccccc4n5-c4ccc5ccccc5c4)cc3)n2-c2ccccc2)cc1. The van der Waals surface area contributed by atoms with Gasteiger partial charge in [0.25, 0.3) is 0 Å². The van der Waals surface area contributed by atoms with Crippen molar-refractivity contribution in [3.63, 3.8) is 0 Å². The van der Waals surface area contributed by atoms with Crippen molar-refractivity contribution >= 4 is 32.6 Å². The summed E-state index contributed by atoms with van der Waals surface area (Å²) >= 11 is 0. The standard InChI is InChI=1S/C54H36N4/c1-3-16-39(17-4-1)53-55-56-54(58(53)43-19-5-2-6-20-43)40-29-27-38(28-30-40)45-21-9-11-23-47(45)48-24-12-10-22-46(48)42-32-34-52-50(36-42)49-25-13-14-26-51(49)57(52)44-33-31-37-15-7-8-18-41(37)35-44/h1-36H. The maximum absolute atomic E-state index is 4.73. The highest BCUT2D eigenvalue weighted by Gasteiger charge is 2.19. The Hall–Kier alpha value is -7.82. The number of para-hydroxylation sites is 2. The van der Waals surface area contributed by atoms with Crippen LogP contribution in [-0.4, -0.2) is 19.3 Å². The summed E-state index contributed by atoms with van der Waals surface area (Å²) in [5, 5.41) is 14.4. The number of aromatic nitrogens is 4. The minimum absolute atomic E-state index is 0.799. The first kappa shape index (κ1) is 33.5. The summed E-state index contributed by atoms with van der Waals surface area (Å²) in [7, 11) is 0. The molecule has 0 aliphatic heterocycles. The van der Waals surface area contributed by atoms with E-state index in [1.165, 1.54) is 60.4 Å². The molecule has 0 saturated carbocycles. The molecule has 0 fully saturated rings. The average molecular weight is 741 g/mol. The lowest BCUT2D eigenvalue weighted by Gasteiger charge is -2.16. The van der Waals surface area contributed by atoms with Crippen LogP contribution in [0.25, 0.3) is 100 Å². The Kier molecular flexibility index (Phi) is 8.11. The summed E-state index contributed by atoms with van der Waals surface area (Å²) in [6, 6.07) is 77.8. The van der Waals surface area contributed by atoms with Gasteiger partial charge in [-0.3, -0.25) is 4.57 Å². The highest BCUT2D eigenvalue weighted by Crippen LogP contribution is 2.41. The van der Waals surface area contributed by atoms with Crippen molar-refractivity contribution in [3.05, 3.63) is 218 Å². The molecule has 0 amide bonds. The van der Waals surface area contributed by atoms with E-state index in [-0.39, 0.29) is 0 Å². The van der Waals surface area contributed by atoms with Crippen molar-refractivity contribution in [2.45, 2.75) is 0 Å². The van der Waals surface area contributed by atoms with E-state index < -0.39 is 0 Å². The molecule has 11 aromatic rings. The molecule has 0 unspecified atom stereocenters. The third-order valence-corrected chi connectivity index (χ3v) is 11.3. The summed E-state index contributed by atoms with van der Waals surface area (Å²) in [6.07, 6.45) is 0. The molecular formula is C54H36N4. The molecule has 4 nitrogen and oxygen atoms in total. The number of hydrogen-bond acceptors (Lipinski definition) is 2. The predicted octanol–water partition coefficient (Wildman–Crippen LogP) is 13.9. The van der Waals surface area contributed by atoms with E-state index in [9.17, 15) is 0 Å². The van der Waals surface area contributed by atoms with Crippen LogP contribution in [0, 0.1) is 0 Å². The number of fused-ring (bicyclic) bond motifs is 4. The Balaban J connectivity index is 0.995. The summed E-state index contributed by atoms with van der Waals surface area (Å²) in [6.45, 7) is 0. The maximum Gasteiger partial charge on any atom is 0.168 e. The van der Waals surface area contributed by atoms with Gasteiger partial charge in [-0.1, -0.05) is 176 Å². The molecule has 4 heteroatoms. The lowest BCUT2D eigenvalue weighted by molar-refractivity contribution is 1.07. The van der Waals surface area contributed by atoms with Gasteiger partial charge in [-0.25, -0.2) is 0 Å². The van der Waals surface area contributed by atoms with Gasteiger partial charge >= 0.3 is 0 Å². The molecule has 0 spiro atoms. The molecule has 0 aliphatic rings. The summed E-state index contributed by atoms with van der Waals surface area (Å²) in [5.74, 6) is 1.61. The number of hydrogen-bond donors (Lipinski definition) is 0.